The molecule has 27 heavy (non-hydrogen) atoms. The van der Waals surface area contributed by atoms with Gasteiger partial charge in [0, 0.05) is 30.2 Å². The normalized spacial score (nSPS) is 13.4. The van der Waals surface area contributed by atoms with Crippen LogP contribution in [0.4, 0.5) is 21.7 Å². The molecule has 0 aliphatic rings. The number of amides is 1. The first-order valence-corrected chi connectivity index (χ1v) is 8.47. The Bertz CT molecular complexity index is 999. The first kappa shape index (κ1) is 18.6. The number of nitrogens with zero attached hydrogens (tertiary/aromatic N) is 3. The smallest absolute Gasteiger partial charge is 0.252 e. The van der Waals surface area contributed by atoms with Gasteiger partial charge in [-0.1, -0.05) is 0 Å². The summed E-state index contributed by atoms with van der Waals surface area (Å²) in [5.74, 6) is -1.30. The number of aryl methyl sites for hydroxylation is 1. The highest BCUT2D eigenvalue weighted by atomic mass is 19.1. The van der Waals surface area contributed by atoms with Crippen molar-refractivity contribution in [3.8, 4) is 0 Å². The molecule has 6 N–H and O–H groups in total. The van der Waals surface area contributed by atoms with Crippen molar-refractivity contribution in [3.63, 3.8) is 0 Å². The molecule has 0 fully saturated rings. The molecule has 2 heterocycles. The van der Waals surface area contributed by atoms with Crippen LogP contribution in [0.5, 0.6) is 0 Å². The van der Waals surface area contributed by atoms with Crippen LogP contribution < -0.4 is 22.1 Å². The Morgan fingerprint density at radius 1 is 1.26 bits per heavy atom. The van der Waals surface area contributed by atoms with Crippen molar-refractivity contribution in [1.29, 1.82) is 0 Å². The van der Waals surface area contributed by atoms with Crippen molar-refractivity contribution in [2.24, 2.45) is 18.5 Å². The number of nitrogens with one attached hydrogen (secondary N) is 2. The van der Waals surface area contributed by atoms with E-state index >= 15 is 0 Å². The van der Waals surface area contributed by atoms with E-state index in [0.717, 1.165) is 17.0 Å². The van der Waals surface area contributed by atoms with Gasteiger partial charge in [-0.3, -0.25) is 9.48 Å². The molecule has 2 atom stereocenters. The number of carbonyl (C=O) groups is 1. The van der Waals surface area contributed by atoms with Crippen LogP contribution in [0.2, 0.25) is 0 Å². The molecule has 0 spiro atoms. The van der Waals surface area contributed by atoms with Gasteiger partial charge in [-0.15, -0.1) is 0 Å². The van der Waals surface area contributed by atoms with Gasteiger partial charge in [-0.2, -0.15) is 5.10 Å². The number of hydrogen-bond acceptors (Lipinski definition) is 6. The van der Waals surface area contributed by atoms with Gasteiger partial charge in [0.05, 0.1) is 17.3 Å². The average Bonchev–Trinajstić information content (AvgIpc) is 2.97. The molecule has 0 radical (unpaired) electrons. The molecule has 0 saturated heterocycles. The second-order valence-corrected chi connectivity index (χ2v) is 6.54. The Morgan fingerprint density at radius 2 is 2.00 bits per heavy atom. The monoisotopic (exact) mass is 371 g/mol. The third-order valence-electron chi connectivity index (χ3n) is 4.40. The number of anilines is 3. The predicted molar refractivity (Wildman–Crippen MR) is 103 cm³/mol. The van der Waals surface area contributed by atoms with Crippen molar-refractivity contribution < 1.29 is 9.18 Å². The van der Waals surface area contributed by atoms with Crippen LogP contribution in [-0.2, 0) is 7.05 Å². The number of pyridine rings is 1. The van der Waals surface area contributed by atoms with Gasteiger partial charge in [-0.25, -0.2) is 9.37 Å². The predicted octanol–water partition coefficient (Wildman–Crippen LogP) is 2.10. The van der Waals surface area contributed by atoms with E-state index in [1.165, 1.54) is 0 Å². The maximum Gasteiger partial charge on any atom is 0.252 e. The number of aromatic nitrogens is 3. The Morgan fingerprint density at radius 3 is 2.67 bits per heavy atom. The molecule has 0 aliphatic carbocycles. The lowest BCUT2D eigenvalue weighted by Gasteiger charge is -2.20. The van der Waals surface area contributed by atoms with E-state index in [4.69, 9.17) is 11.5 Å². The lowest BCUT2D eigenvalue weighted by atomic mass is 10.1. The van der Waals surface area contributed by atoms with Gasteiger partial charge in [-0.05, 0) is 38.1 Å². The summed E-state index contributed by atoms with van der Waals surface area (Å²) in [4.78, 5) is 16.0. The highest BCUT2D eigenvalue weighted by molar-refractivity contribution is 5.99. The number of nitrogens with two attached hydrogens (primary N) is 2. The largest absolute Gasteiger partial charge is 0.365 e. The average molecular weight is 371 g/mol. The molecule has 142 valence electrons. The van der Waals surface area contributed by atoms with Crippen molar-refractivity contribution in [3.05, 3.63) is 41.8 Å². The number of rotatable bonds is 6. The summed E-state index contributed by atoms with van der Waals surface area (Å²) in [6, 6.07) is 6.19. The molecular weight excluding hydrogens is 349 g/mol. The van der Waals surface area contributed by atoms with Crippen LogP contribution in [0.15, 0.2) is 30.5 Å². The highest BCUT2D eigenvalue weighted by Gasteiger charge is 2.18. The lowest BCUT2D eigenvalue weighted by molar-refractivity contribution is 0.100. The third kappa shape index (κ3) is 3.82. The maximum absolute atomic E-state index is 14.4. The number of fused-ring (bicyclic) bond motifs is 1. The van der Waals surface area contributed by atoms with Crippen LogP contribution >= 0.6 is 0 Å². The van der Waals surface area contributed by atoms with E-state index in [-0.39, 0.29) is 29.3 Å². The number of benzene rings is 1. The fraction of sp³-hybridized carbons (Fsp3) is 0.278. The van der Waals surface area contributed by atoms with E-state index in [1.807, 2.05) is 32.2 Å². The molecule has 3 rings (SSSR count). The second-order valence-electron chi connectivity index (χ2n) is 6.54. The second kappa shape index (κ2) is 7.20. The number of halogens is 1. The fourth-order valence-electron chi connectivity index (χ4n) is 2.60. The molecule has 1 amide bonds. The topological polar surface area (TPSA) is 124 Å². The molecule has 2 unspecified atom stereocenters. The number of hydrogen-bond donors (Lipinski definition) is 4. The Labute approximate surface area is 155 Å². The minimum absolute atomic E-state index is 0.00486. The maximum atomic E-state index is 14.4. The van der Waals surface area contributed by atoms with E-state index < -0.39 is 11.7 Å². The van der Waals surface area contributed by atoms with Gasteiger partial charge in [0.1, 0.15) is 5.82 Å². The molecule has 0 aliphatic heterocycles. The van der Waals surface area contributed by atoms with Crippen LogP contribution in [0.25, 0.3) is 10.9 Å². The van der Waals surface area contributed by atoms with Crippen LogP contribution in [0.1, 0.15) is 24.2 Å². The van der Waals surface area contributed by atoms with Gasteiger partial charge >= 0.3 is 0 Å². The Kier molecular flexibility index (Phi) is 4.95. The zero-order valence-electron chi connectivity index (χ0n) is 15.3. The molecule has 2 aromatic heterocycles. The highest BCUT2D eigenvalue weighted by Crippen LogP contribution is 2.26. The Balaban J connectivity index is 1.99. The fourth-order valence-corrected chi connectivity index (χ4v) is 2.60. The summed E-state index contributed by atoms with van der Waals surface area (Å²) in [7, 11) is 1.85. The zero-order chi connectivity index (χ0) is 19.7. The molecule has 9 heteroatoms. The van der Waals surface area contributed by atoms with Crippen molar-refractivity contribution in [2.45, 2.75) is 25.9 Å². The van der Waals surface area contributed by atoms with Crippen molar-refractivity contribution in [1.82, 2.24) is 14.8 Å². The van der Waals surface area contributed by atoms with Crippen molar-refractivity contribution >= 4 is 34.1 Å². The van der Waals surface area contributed by atoms with Crippen molar-refractivity contribution in [2.75, 3.05) is 10.6 Å². The van der Waals surface area contributed by atoms with E-state index in [2.05, 4.69) is 20.7 Å². The first-order chi connectivity index (χ1) is 12.8. The quantitative estimate of drug-likeness (QED) is 0.526. The summed E-state index contributed by atoms with van der Waals surface area (Å²) >= 11 is 0. The molecule has 1 aromatic carbocycles. The molecular formula is C18H22FN7O. The minimum atomic E-state index is -0.779. The standard InChI is InChI=1S/C18H22FN7O/c1-9(20)10(2)23-18-14(19)7-13(16(21)27)17(25-18)24-12-4-5-15-11(6-12)8-22-26(15)3/h4-10H,20H2,1-3H3,(H2,21,27)(H2,23,24,25). The van der Waals surface area contributed by atoms with Gasteiger partial charge in [0.2, 0.25) is 0 Å². The van der Waals surface area contributed by atoms with E-state index in [9.17, 15) is 9.18 Å². The lowest BCUT2D eigenvalue weighted by Crippen LogP contribution is -2.35. The molecule has 8 nitrogen and oxygen atoms in total. The van der Waals surface area contributed by atoms with Crippen LogP contribution in [0, 0.1) is 5.82 Å². The van der Waals surface area contributed by atoms with E-state index in [0.29, 0.717) is 5.69 Å². The summed E-state index contributed by atoms with van der Waals surface area (Å²) in [6.45, 7) is 3.62. The summed E-state index contributed by atoms with van der Waals surface area (Å²) < 4.78 is 16.1. The SMILES string of the molecule is CC(N)C(C)Nc1nc(Nc2ccc3c(cnn3C)c2)c(C(N)=O)cc1F. The van der Waals surface area contributed by atoms with Gasteiger partial charge in [0.15, 0.2) is 11.6 Å². The van der Waals surface area contributed by atoms with E-state index in [1.54, 1.807) is 17.8 Å². The number of carbonyl (C=O) groups excluding carboxylic acids is 1. The van der Waals surface area contributed by atoms with Crippen LogP contribution in [-0.4, -0.2) is 32.8 Å². The number of primary amides is 1. The first-order valence-electron chi connectivity index (χ1n) is 8.47. The third-order valence-corrected chi connectivity index (χ3v) is 4.40. The summed E-state index contributed by atoms with van der Waals surface area (Å²) in [5, 5.41) is 11.1. The molecule has 3 aromatic rings. The molecule has 0 saturated carbocycles. The zero-order valence-corrected chi connectivity index (χ0v) is 15.3. The van der Waals surface area contributed by atoms with Gasteiger partial charge in [0.25, 0.3) is 5.91 Å². The summed E-state index contributed by atoms with van der Waals surface area (Å²) in [6.07, 6.45) is 1.73. The minimum Gasteiger partial charge on any atom is -0.365 e. The molecule has 0 bridgehead atoms. The summed E-state index contributed by atoms with van der Waals surface area (Å²) in [5.41, 5.74) is 12.8. The Hall–Kier alpha value is -3.20. The van der Waals surface area contributed by atoms with Gasteiger partial charge < -0.3 is 22.1 Å². The van der Waals surface area contributed by atoms with Crippen LogP contribution in [0.3, 0.4) is 0 Å².